The first-order chi connectivity index (χ1) is 19.7. The Morgan fingerprint density at radius 2 is 2.00 bits per heavy atom. The van der Waals surface area contributed by atoms with E-state index in [2.05, 4.69) is 30.2 Å². The summed E-state index contributed by atoms with van der Waals surface area (Å²) in [6, 6.07) is 6.73. The fourth-order valence-corrected chi connectivity index (χ4v) is 5.13. The molecule has 12 heteroatoms. The van der Waals surface area contributed by atoms with Crippen molar-refractivity contribution in [3.8, 4) is 11.3 Å². The Kier molecular flexibility index (Phi) is 8.50. The number of pyridine rings is 1. The lowest BCUT2D eigenvalue weighted by Crippen LogP contribution is -2.42. The number of benzene rings is 1. The van der Waals surface area contributed by atoms with E-state index in [0.29, 0.717) is 55.3 Å². The van der Waals surface area contributed by atoms with Gasteiger partial charge < -0.3 is 19.4 Å². The number of rotatable bonds is 9. The number of carbonyl (C=O) groups excluding carboxylic acids is 1. The topological polar surface area (TPSA) is 107 Å². The Balaban J connectivity index is 1.28. The highest BCUT2D eigenvalue weighted by Gasteiger charge is 2.22. The third kappa shape index (κ3) is 6.49. The van der Waals surface area contributed by atoms with Crippen LogP contribution in [0.3, 0.4) is 0 Å². The molecule has 0 unspecified atom stereocenters. The monoisotopic (exact) mass is 565 g/mol. The molecule has 1 aromatic carbocycles. The average molecular weight is 566 g/mol. The van der Waals surface area contributed by atoms with Gasteiger partial charge in [0, 0.05) is 43.9 Å². The van der Waals surface area contributed by atoms with Gasteiger partial charge in [0.25, 0.3) is 0 Å². The van der Waals surface area contributed by atoms with Gasteiger partial charge in [0.1, 0.15) is 22.9 Å². The molecule has 1 N–H and O–H groups in total. The molecule has 0 saturated carbocycles. The number of fused-ring (bicyclic) bond motifs is 1. The molecule has 0 spiro atoms. The Morgan fingerprint density at radius 3 is 2.73 bits per heavy atom. The van der Waals surface area contributed by atoms with E-state index in [9.17, 15) is 13.6 Å². The summed E-state index contributed by atoms with van der Waals surface area (Å²) in [6.45, 7) is 8.56. The van der Waals surface area contributed by atoms with Gasteiger partial charge in [-0.15, -0.1) is 0 Å². The molecular weight excluding hydrogens is 532 g/mol. The normalized spacial score (nSPS) is 15.9. The van der Waals surface area contributed by atoms with Gasteiger partial charge in [0.15, 0.2) is 11.6 Å². The standard InChI is InChI=1S/C29H33F2N7O3/c1-17(2)38-18(3)34-28-22(30)11-20(12-24(28)38)27-23(31)14-33-29(36-27)35-25-7-5-19(13-32-25)15-37-9-10-41-21(16-37)6-8-26(39)40-4/h5,7,11-14,17,21H,6,8-10,15-16H2,1-4H3,(H,32,33,35,36)/t21-/m0/s1. The zero-order chi connectivity index (χ0) is 29.1. The zero-order valence-corrected chi connectivity index (χ0v) is 23.5. The molecule has 0 aliphatic carbocycles. The Morgan fingerprint density at radius 1 is 1.17 bits per heavy atom. The van der Waals surface area contributed by atoms with Gasteiger partial charge in [-0.25, -0.2) is 28.7 Å². The van der Waals surface area contributed by atoms with E-state index in [1.165, 1.54) is 13.2 Å². The van der Waals surface area contributed by atoms with E-state index >= 15 is 0 Å². The molecule has 0 bridgehead atoms. The number of halogens is 2. The Hall–Kier alpha value is -4.03. The van der Waals surface area contributed by atoms with E-state index < -0.39 is 11.6 Å². The maximum absolute atomic E-state index is 15.0. The second kappa shape index (κ2) is 12.2. The van der Waals surface area contributed by atoms with Crippen molar-refractivity contribution < 1.29 is 23.0 Å². The number of methoxy groups -OCH3 is 1. The van der Waals surface area contributed by atoms with Gasteiger partial charge in [0.2, 0.25) is 5.95 Å². The zero-order valence-electron chi connectivity index (χ0n) is 23.5. The van der Waals surface area contributed by atoms with Crippen LogP contribution in [-0.2, 0) is 20.8 Å². The molecule has 1 saturated heterocycles. The molecule has 0 radical (unpaired) electrons. The molecule has 41 heavy (non-hydrogen) atoms. The van der Waals surface area contributed by atoms with Crippen molar-refractivity contribution in [3.63, 3.8) is 0 Å². The van der Waals surface area contributed by atoms with Crippen LogP contribution in [0.5, 0.6) is 0 Å². The Bertz CT molecular complexity index is 1540. The molecule has 3 aromatic heterocycles. The van der Waals surface area contributed by atoms with E-state index in [0.717, 1.165) is 18.3 Å². The highest BCUT2D eigenvalue weighted by molar-refractivity contribution is 5.83. The van der Waals surface area contributed by atoms with Crippen molar-refractivity contribution in [3.05, 3.63) is 59.7 Å². The quantitative estimate of drug-likeness (QED) is 0.282. The summed E-state index contributed by atoms with van der Waals surface area (Å²) < 4.78 is 42.2. The first-order valence-corrected chi connectivity index (χ1v) is 13.6. The highest BCUT2D eigenvalue weighted by Crippen LogP contribution is 2.30. The fourth-order valence-electron chi connectivity index (χ4n) is 5.13. The maximum atomic E-state index is 15.0. The first-order valence-electron chi connectivity index (χ1n) is 13.6. The number of hydrogen-bond donors (Lipinski definition) is 1. The number of anilines is 2. The van der Waals surface area contributed by atoms with E-state index in [1.54, 1.807) is 18.3 Å². The van der Waals surface area contributed by atoms with Crippen LogP contribution in [0.4, 0.5) is 20.5 Å². The van der Waals surface area contributed by atoms with E-state index in [-0.39, 0.29) is 35.3 Å². The van der Waals surface area contributed by atoms with Crippen LogP contribution in [-0.4, -0.2) is 68.3 Å². The molecular formula is C29H33F2N7O3. The van der Waals surface area contributed by atoms with Crippen LogP contribution in [0.25, 0.3) is 22.3 Å². The third-order valence-electron chi connectivity index (χ3n) is 7.05. The predicted octanol–water partition coefficient (Wildman–Crippen LogP) is 4.95. The maximum Gasteiger partial charge on any atom is 0.305 e. The van der Waals surface area contributed by atoms with Gasteiger partial charge in [-0.05, 0) is 51.0 Å². The molecule has 4 aromatic rings. The van der Waals surface area contributed by atoms with Gasteiger partial charge in [-0.3, -0.25) is 9.69 Å². The van der Waals surface area contributed by atoms with Crippen LogP contribution in [0.2, 0.25) is 0 Å². The second-order valence-electron chi connectivity index (χ2n) is 10.4. The second-order valence-corrected chi connectivity index (χ2v) is 10.4. The van der Waals surface area contributed by atoms with Gasteiger partial charge in [-0.1, -0.05) is 6.07 Å². The first kappa shape index (κ1) is 28.5. The summed E-state index contributed by atoms with van der Waals surface area (Å²) in [4.78, 5) is 30.9. The summed E-state index contributed by atoms with van der Waals surface area (Å²) in [7, 11) is 1.38. The number of morpholine rings is 1. The third-order valence-corrected chi connectivity index (χ3v) is 7.05. The summed E-state index contributed by atoms with van der Waals surface area (Å²) in [5.74, 6) is -0.146. The molecule has 4 heterocycles. The number of esters is 1. The smallest absolute Gasteiger partial charge is 0.305 e. The molecule has 10 nitrogen and oxygen atoms in total. The lowest BCUT2D eigenvalue weighted by atomic mass is 10.1. The minimum atomic E-state index is -0.666. The number of imidazole rings is 1. The number of hydrogen-bond acceptors (Lipinski definition) is 9. The van der Waals surface area contributed by atoms with Gasteiger partial charge >= 0.3 is 5.97 Å². The number of nitrogens with zero attached hydrogens (tertiary/aromatic N) is 6. The Labute approximate surface area is 236 Å². The number of aryl methyl sites for hydroxylation is 1. The van der Waals surface area contributed by atoms with Crippen LogP contribution in [0, 0.1) is 18.6 Å². The molecule has 1 atom stereocenters. The van der Waals surface area contributed by atoms with E-state index in [4.69, 9.17) is 9.47 Å². The minimum absolute atomic E-state index is 0.0225. The number of carbonyl (C=O) groups is 1. The lowest BCUT2D eigenvalue weighted by Gasteiger charge is -2.32. The predicted molar refractivity (Wildman–Crippen MR) is 150 cm³/mol. The van der Waals surface area contributed by atoms with Crippen molar-refractivity contribution in [2.75, 3.05) is 32.1 Å². The lowest BCUT2D eigenvalue weighted by molar-refractivity contribution is -0.142. The molecule has 1 aliphatic heterocycles. The molecule has 0 amide bonds. The van der Waals surface area contributed by atoms with Crippen LogP contribution < -0.4 is 5.32 Å². The van der Waals surface area contributed by atoms with Crippen molar-refractivity contribution in [2.45, 2.75) is 52.3 Å². The highest BCUT2D eigenvalue weighted by atomic mass is 19.1. The summed E-state index contributed by atoms with van der Waals surface area (Å²) >= 11 is 0. The summed E-state index contributed by atoms with van der Waals surface area (Å²) in [5.41, 5.74) is 2.09. The average Bonchev–Trinajstić information content (AvgIpc) is 3.30. The van der Waals surface area contributed by atoms with Crippen molar-refractivity contribution in [1.29, 1.82) is 0 Å². The SMILES string of the molecule is COC(=O)CC[C@H]1CN(Cc2ccc(Nc3ncc(F)c(-c4cc(F)c5nc(C)n(C(C)C)c5c4)n3)nc2)CCO1. The van der Waals surface area contributed by atoms with Crippen LogP contribution >= 0.6 is 0 Å². The van der Waals surface area contributed by atoms with Crippen molar-refractivity contribution in [1.82, 2.24) is 29.4 Å². The summed E-state index contributed by atoms with van der Waals surface area (Å²) in [5, 5.41) is 3.01. The van der Waals surface area contributed by atoms with Crippen LogP contribution in [0.15, 0.2) is 36.7 Å². The van der Waals surface area contributed by atoms with Crippen molar-refractivity contribution in [2.24, 2.45) is 0 Å². The largest absolute Gasteiger partial charge is 0.469 e. The number of aromatic nitrogens is 5. The van der Waals surface area contributed by atoms with E-state index in [1.807, 2.05) is 31.4 Å². The molecule has 5 rings (SSSR count). The fraction of sp³-hybridized carbons (Fsp3) is 0.414. The summed E-state index contributed by atoms with van der Waals surface area (Å²) in [6.07, 6.45) is 3.73. The van der Waals surface area contributed by atoms with Crippen LogP contribution in [0.1, 0.15) is 44.1 Å². The number of ether oxygens (including phenoxy) is 2. The van der Waals surface area contributed by atoms with Gasteiger partial charge in [0.05, 0.1) is 31.5 Å². The van der Waals surface area contributed by atoms with Gasteiger partial charge in [-0.2, -0.15) is 0 Å². The van der Waals surface area contributed by atoms with Crippen molar-refractivity contribution >= 4 is 28.8 Å². The minimum Gasteiger partial charge on any atom is -0.469 e. The molecule has 1 fully saturated rings. The molecule has 216 valence electrons. The molecule has 1 aliphatic rings. The number of nitrogens with one attached hydrogen (secondary N) is 1.